The Morgan fingerprint density at radius 1 is 0.284 bits per heavy atom. The molecule has 6 nitrogen and oxygen atoms in total. The van der Waals surface area contributed by atoms with E-state index in [-0.39, 0.29) is 30.5 Å². The van der Waals surface area contributed by atoms with Gasteiger partial charge in [0.1, 0.15) is 0 Å². The van der Waals surface area contributed by atoms with E-state index in [1.165, 1.54) is 128 Å². The molecule has 0 aromatic heterocycles. The van der Waals surface area contributed by atoms with E-state index in [1.54, 1.807) is 0 Å². The Bertz CT molecular complexity index is 1150. The largest absolute Gasteiger partial charge is 0.393 e. The minimum Gasteiger partial charge on any atom is -0.393 e. The monoisotopic (exact) mass is 949 g/mol. The van der Waals surface area contributed by atoms with Crippen molar-refractivity contribution in [2.24, 2.45) is 88.3 Å². The summed E-state index contributed by atoms with van der Waals surface area (Å²) in [5, 5.41) is 47.2. The van der Waals surface area contributed by atoms with Crippen LogP contribution >= 0.6 is 0 Å². The molecule has 10 atom stereocenters. The Morgan fingerprint density at radius 2 is 0.552 bits per heavy atom. The number of hydrogen-bond donors (Lipinski definition) is 5. The number of ether oxygens (including phenoxy) is 1. The molecule has 8 fully saturated rings. The number of aliphatic hydroxyl groups excluding tert-OH is 5. The van der Waals surface area contributed by atoms with Gasteiger partial charge in [0.25, 0.3) is 0 Å². The Hall–Kier alpha value is -0.240. The van der Waals surface area contributed by atoms with Crippen LogP contribution in [-0.2, 0) is 4.74 Å². The van der Waals surface area contributed by atoms with Crippen LogP contribution in [0.15, 0.2) is 0 Å². The predicted octanol–water partition coefficient (Wildman–Crippen LogP) is 15.5. The summed E-state index contributed by atoms with van der Waals surface area (Å²) in [5.74, 6) is 10.1. The molecule has 7 aliphatic carbocycles. The number of rotatable bonds is 7. The highest BCUT2D eigenvalue weighted by atomic mass is 16.5. The maximum absolute atomic E-state index is 9.72. The predicted molar refractivity (Wildman–Crippen MR) is 287 cm³/mol. The van der Waals surface area contributed by atoms with Gasteiger partial charge in [-0.05, 0) is 160 Å². The summed E-state index contributed by atoms with van der Waals surface area (Å²) in [5.41, 5.74) is 0.676. The lowest BCUT2D eigenvalue weighted by molar-refractivity contribution is -0.185. The molecule has 2 unspecified atom stereocenters. The standard InChI is InChI=1S/C10H20O.C9H16O.2C9H18O.C9H18.C8H16O.C7H14O/c1-8(2)9-6-4-3-5-7-10(9)11;1-7(2)8-3-9(4-8)5-10-6-9;2*1-7(2)8-5-3-4-6-9(8)10;1-8(2)9-6-4-3-5-7-9;1-6(2)7-4-3-5-8(7)9;1-5(2)6-3-4-7(6)8/h8-11H,3-7H2,1-2H3;7-8H,3-6H2,1-2H3;2*7-10H,3-6H2,1-2H3;8-9H,3-7H2,1-2H3;6-9H,3-5H2,1-2H3;5-8H,3-4H2,1-2H3/t9?,10-;;2*8-,9+;;7?,8-;6-,7+/m0.11.01/s1. The summed E-state index contributed by atoms with van der Waals surface area (Å²) in [4.78, 5) is 0. The van der Waals surface area contributed by atoms with Crippen LogP contribution in [0.1, 0.15) is 257 Å². The van der Waals surface area contributed by atoms with Crippen molar-refractivity contribution in [1.29, 1.82) is 0 Å². The zero-order valence-electron chi connectivity index (χ0n) is 47.2. The van der Waals surface area contributed by atoms with Gasteiger partial charge in [-0.25, -0.2) is 0 Å². The summed E-state index contributed by atoms with van der Waals surface area (Å²) in [6.45, 7) is 33.5. The second kappa shape index (κ2) is 33.5. The fourth-order valence-corrected chi connectivity index (χ4v) is 12.9. The highest BCUT2D eigenvalue weighted by Gasteiger charge is 2.50. The van der Waals surface area contributed by atoms with E-state index in [4.69, 9.17) is 9.84 Å². The zero-order valence-corrected chi connectivity index (χ0v) is 47.2. The van der Waals surface area contributed by atoms with Gasteiger partial charge in [0, 0.05) is 5.41 Å². The molecule has 6 heteroatoms. The normalized spacial score (nSPS) is 32.9. The molecule has 0 aromatic rings. The molecule has 8 rings (SSSR count). The van der Waals surface area contributed by atoms with Crippen molar-refractivity contribution in [2.75, 3.05) is 13.2 Å². The molecule has 400 valence electrons. The topological polar surface area (TPSA) is 110 Å². The number of hydrogen-bond acceptors (Lipinski definition) is 6. The molecule has 8 aliphatic rings. The van der Waals surface area contributed by atoms with Crippen molar-refractivity contribution in [3.8, 4) is 0 Å². The first-order valence-electron chi connectivity index (χ1n) is 29.6. The molecule has 5 N–H and O–H groups in total. The fraction of sp³-hybridized carbons (Fsp3) is 1.00. The van der Waals surface area contributed by atoms with E-state index in [2.05, 4.69) is 96.9 Å². The van der Waals surface area contributed by atoms with Crippen LogP contribution < -0.4 is 0 Å². The fourth-order valence-electron chi connectivity index (χ4n) is 12.9. The summed E-state index contributed by atoms with van der Waals surface area (Å²) in [7, 11) is 0. The van der Waals surface area contributed by atoms with Crippen LogP contribution in [0.2, 0.25) is 0 Å². The SMILES string of the molecule is CC(C)C1CC2(COC2)C1.CC(C)C1CCCCC1.CC(C)C1CCCCC[C@@H]1O.CC(C)C1CCC[C@@H]1O.CC(C)[C@H]1CCCC[C@@H]1O.CC(C)[C@H]1CCCC[C@@H]1O.CC(C)[C@H]1CC[C@@H]1O. The highest BCUT2D eigenvalue weighted by molar-refractivity contribution is 4.98. The lowest BCUT2D eigenvalue weighted by Gasteiger charge is -2.54. The first kappa shape index (κ1) is 62.9. The Kier molecular flexibility index (Phi) is 31.4. The Balaban J connectivity index is 0.000000269. The van der Waals surface area contributed by atoms with Crippen molar-refractivity contribution in [1.82, 2.24) is 0 Å². The quantitative estimate of drug-likeness (QED) is 0.163. The van der Waals surface area contributed by atoms with Crippen molar-refractivity contribution in [3.05, 3.63) is 0 Å². The van der Waals surface area contributed by atoms with Gasteiger partial charge in [-0.3, -0.25) is 0 Å². The van der Waals surface area contributed by atoms with Crippen LogP contribution in [0, 0.1) is 88.3 Å². The summed E-state index contributed by atoms with van der Waals surface area (Å²) >= 11 is 0. The minimum atomic E-state index is -0.0162. The molecule has 0 bridgehead atoms. The second-order valence-corrected chi connectivity index (χ2v) is 26.1. The zero-order chi connectivity index (χ0) is 50.3. The van der Waals surface area contributed by atoms with Gasteiger partial charge in [-0.2, -0.15) is 0 Å². The molecular formula is C61H120O6. The first-order valence-corrected chi connectivity index (χ1v) is 29.6. The molecule has 0 amide bonds. The second-order valence-electron chi connectivity index (χ2n) is 26.1. The molecule has 0 radical (unpaired) electrons. The van der Waals surface area contributed by atoms with E-state index in [0.717, 1.165) is 69.0 Å². The third-order valence-corrected chi connectivity index (χ3v) is 18.4. The van der Waals surface area contributed by atoms with E-state index in [9.17, 15) is 20.4 Å². The Morgan fingerprint density at radius 3 is 0.791 bits per heavy atom. The number of aliphatic hydroxyl groups is 5. The van der Waals surface area contributed by atoms with Gasteiger partial charge in [0.15, 0.2) is 0 Å². The Labute approximate surface area is 418 Å². The van der Waals surface area contributed by atoms with Crippen LogP contribution in [0.25, 0.3) is 0 Å². The van der Waals surface area contributed by atoms with Crippen molar-refractivity contribution >= 4 is 0 Å². The molecule has 67 heavy (non-hydrogen) atoms. The molecule has 0 aromatic carbocycles. The van der Waals surface area contributed by atoms with Crippen LogP contribution in [0.4, 0.5) is 0 Å². The molecule has 1 saturated heterocycles. The van der Waals surface area contributed by atoms with Crippen LogP contribution in [-0.4, -0.2) is 69.3 Å². The third kappa shape index (κ3) is 23.5. The van der Waals surface area contributed by atoms with Crippen LogP contribution in [0.5, 0.6) is 0 Å². The van der Waals surface area contributed by atoms with Gasteiger partial charge < -0.3 is 30.3 Å². The van der Waals surface area contributed by atoms with Crippen molar-refractivity contribution < 1.29 is 30.3 Å². The van der Waals surface area contributed by atoms with E-state index < -0.39 is 0 Å². The molecule has 1 spiro atoms. The summed E-state index contributed by atoms with van der Waals surface area (Å²) < 4.78 is 5.21. The van der Waals surface area contributed by atoms with E-state index >= 15 is 0 Å². The molecular weight excluding hydrogens is 829 g/mol. The minimum absolute atomic E-state index is 0.00463. The maximum atomic E-state index is 9.72. The van der Waals surface area contributed by atoms with Gasteiger partial charge >= 0.3 is 0 Å². The lowest BCUT2D eigenvalue weighted by atomic mass is 9.58. The smallest absolute Gasteiger partial charge is 0.0571 e. The third-order valence-electron chi connectivity index (χ3n) is 18.4. The average molecular weight is 950 g/mol. The maximum Gasteiger partial charge on any atom is 0.0571 e. The highest BCUT2D eigenvalue weighted by Crippen LogP contribution is 2.53. The van der Waals surface area contributed by atoms with E-state index in [1.807, 2.05) is 0 Å². The first-order chi connectivity index (χ1) is 31.6. The average Bonchev–Trinajstić information content (AvgIpc) is 3.55. The molecule has 1 aliphatic heterocycles. The molecule has 1 heterocycles. The lowest BCUT2D eigenvalue weighted by Crippen LogP contribution is -2.53. The van der Waals surface area contributed by atoms with Crippen LogP contribution in [0.3, 0.4) is 0 Å². The van der Waals surface area contributed by atoms with Gasteiger partial charge in [0.2, 0.25) is 0 Å². The van der Waals surface area contributed by atoms with Crippen molar-refractivity contribution in [2.45, 2.75) is 288 Å². The summed E-state index contributed by atoms with van der Waals surface area (Å²) in [6.07, 6.45) is 31.8. The van der Waals surface area contributed by atoms with Gasteiger partial charge in [-0.15, -0.1) is 0 Å². The van der Waals surface area contributed by atoms with Crippen molar-refractivity contribution in [3.63, 3.8) is 0 Å². The van der Waals surface area contributed by atoms with E-state index in [0.29, 0.717) is 64.6 Å². The summed E-state index contributed by atoms with van der Waals surface area (Å²) in [6, 6.07) is 0. The van der Waals surface area contributed by atoms with Gasteiger partial charge in [-0.1, -0.05) is 180 Å². The molecule has 7 saturated carbocycles. The van der Waals surface area contributed by atoms with Gasteiger partial charge in [0.05, 0.1) is 43.7 Å².